The molecule has 0 radical (unpaired) electrons. The van der Waals surface area contributed by atoms with E-state index >= 15 is 0 Å². The monoisotopic (exact) mass is 362 g/mol. The Hall–Kier alpha value is -3.06. The number of phenolic OH excluding ortho intramolecular Hbond substituents is 1. The molecule has 0 bridgehead atoms. The van der Waals surface area contributed by atoms with Crippen molar-refractivity contribution in [2.75, 3.05) is 0 Å². The van der Waals surface area contributed by atoms with Gasteiger partial charge in [0.1, 0.15) is 11.3 Å². The Bertz CT molecular complexity index is 795. The molecule has 2 amide bonds. The van der Waals surface area contributed by atoms with Gasteiger partial charge in [-0.25, -0.2) is 4.79 Å². The Morgan fingerprint density at radius 3 is 2.44 bits per heavy atom. The maximum absolute atomic E-state index is 12.0. The average Bonchev–Trinajstić information content (AvgIpc) is 2.61. The summed E-state index contributed by atoms with van der Waals surface area (Å²) in [6, 6.07) is 12.1. The number of carbonyl (C=O) groups excluding carboxylic acids is 3. The molecule has 0 aliphatic rings. The van der Waals surface area contributed by atoms with E-state index < -0.39 is 23.9 Å². The number of benzene rings is 2. The van der Waals surface area contributed by atoms with E-state index in [-0.39, 0.29) is 16.3 Å². The summed E-state index contributed by atoms with van der Waals surface area (Å²) >= 11 is 5.76. The lowest BCUT2D eigenvalue weighted by molar-refractivity contribution is -0.129. The summed E-state index contributed by atoms with van der Waals surface area (Å²) in [5.74, 6) is -2.49. The van der Waals surface area contributed by atoms with Crippen LogP contribution in [0.2, 0.25) is 5.02 Å². The second-order valence-electron chi connectivity index (χ2n) is 5.02. The zero-order valence-electron chi connectivity index (χ0n) is 13.2. The van der Waals surface area contributed by atoms with Gasteiger partial charge in [-0.3, -0.25) is 20.4 Å². The molecule has 0 saturated carbocycles. The van der Waals surface area contributed by atoms with Crippen LogP contribution >= 0.6 is 11.6 Å². The molecule has 0 aromatic heterocycles. The molecule has 7 nitrogen and oxygen atoms in total. The molecule has 2 rings (SSSR count). The van der Waals surface area contributed by atoms with E-state index in [1.807, 2.05) is 0 Å². The molecule has 0 aliphatic heterocycles. The van der Waals surface area contributed by atoms with E-state index in [4.69, 9.17) is 16.3 Å². The standard InChI is InChI=1S/C17H15ClN2O5/c1-10(25-17(24)13-9-12(18)7-8-14(13)21)15(22)19-20-16(23)11-5-3-2-4-6-11/h2-10,21H,1H3,(H,19,22)(H,20,23)/t10-/m1/s1. The van der Waals surface area contributed by atoms with Crippen LogP contribution in [0.15, 0.2) is 48.5 Å². The number of ether oxygens (including phenoxy) is 1. The highest BCUT2D eigenvalue weighted by atomic mass is 35.5. The summed E-state index contributed by atoms with van der Waals surface area (Å²) < 4.78 is 4.95. The number of carbonyl (C=O) groups is 3. The molecular weight excluding hydrogens is 348 g/mol. The molecule has 8 heteroatoms. The number of aromatic hydroxyl groups is 1. The Balaban J connectivity index is 1.90. The lowest BCUT2D eigenvalue weighted by Crippen LogP contribution is -2.46. The quantitative estimate of drug-likeness (QED) is 0.570. The van der Waals surface area contributed by atoms with Gasteiger partial charge in [0.05, 0.1) is 0 Å². The molecule has 1 atom stereocenters. The molecule has 0 unspecified atom stereocenters. The third-order valence-electron chi connectivity index (χ3n) is 3.17. The molecule has 0 aliphatic carbocycles. The number of halogens is 1. The Morgan fingerprint density at radius 2 is 1.76 bits per heavy atom. The summed E-state index contributed by atoms with van der Waals surface area (Å²) in [6.45, 7) is 1.32. The molecule has 0 fully saturated rings. The number of nitrogens with one attached hydrogen (secondary N) is 2. The number of esters is 1. The predicted octanol–water partition coefficient (Wildman–Crippen LogP) is 2.05. The van der Waals surface area contributed by atoms with Crippen LogP contribution in [0.25, 0.3) is 0 Å². The third-order valence-corrected chi connectivity index (χ3v) is 3.40. The highest BCUT2D eigenvalue weighted by Crippen LogP contribution is 2.22. The molecule has 2 aromatic rings. The highest BCUT2D eigenvalue weighted by Gasteiger charge is 2.21. The molecule has 130 valence electrons. The van der Waals surface area contributed by atoms with Gasteiger partial charge >= 0.3 is 5.97 Å². The Kier molecular flexibility index (Phi) is 5.97. The summed E-state index contributed by atoms with van der Waals surface area (Å²) in [4.78, 5) is 35.7. The summed E-state index contributed by atoms with van der Waals surface area (Å²) in [6.07, 6.45) is -1.21. The van der Waals surface area contributed by atoms with Crippen LogP contribution in [0.3, 0.4) is 0 Å². The fourth-order valence-electron chi connectivity index (χ4n) is 1.83. The van der Waals surface area contributed by atoms with Crippen molar-refractivity contribution in [2.24, 2.45) is 0 Å². The molecule has 0 heterocycles. The number of amides is 2. The van der Waals surface area contributed by atoms with Gasteiger partial charge in [-0.2, -0.15) is 0 Å². The normalized spacial score (nSPS) is 11.3. The minimum atomic E-state index is -1.21. The Labute approximate surface area is 148 Å². The van der Waals surface area contributed by atoms with Crippen molar-refractivity contribution >= 4 is 29.4 Å². The van der Waals surface area contributed by atoms with Crippen LogP contribution in [0.4, 0.5) is 0 Å². The number of hydrazine groups is 1. The highest BCUT2D eigenvalue weighted by molar-refractivity contribution is 6.31. The van der Waals surface area contributed by atoms with Crippen molar-refractivity contribution < 1.29 is 24.2 Å². The second kappa shape index (κ2) is 8.16. The molecular formula is C17H15ClN2O5. The first-order valence-corrected chi connectivity index (χ1v) is 7.61. The van der Waals surface area contributed by atoms with Gasteiger partial charge in [0.15, 0.2) is 6.10 Å². The van der Waals surface area contributed by atoms with Gasteiger partial charge in [-0.15, -0.1) is 0 Å². The SMILES string of the molecule is C[C@@H](OC(=O)c1cc(Cl)ccc1O)C(=O)NNC(=O)c1ccccc1. The molecule has 0 saturated heterocycles. The first kappa shape index (κ1) is 18.3. The van der Waals surface area contributed by atoms with Gasteiger partial charge in [0.25, 0.3) is 11.8 Å². The van der Waals surface area contributed by atoms with Gasteiger partial charge in [-0.1, -0.05) is 29.8 Å². The van der Waals surface area contributed by atoms with E-state index in [1.165, 1.54) is 25.1 Å². The minimum absolute atomic E-state index is 0.166. The summed E-state index contributed by atoms with van der Waals surface area (Å²) in [5, 5.41) is 9.88. The van der Waals surface area contributed by atoms with Gasteiger partial charge in [0.2, 0.25) is 0 Å². The van der Waals surface area contributed by atoms with Gasteiger partial charge in [0, 0.05) is 10.6 Å². The molecule has 25 heavy (non-hydrogen) atoms. The Morgan fingerprint density at radius 1 is 1.08 bits per heavy atom. The molecule has 3 N–H and O–H groups in total. The van der Waals surface area contributed by atoms with Crippen molar-refractivity contribution in [3.05, 3.63) is 64.7 Å². The predicted molar refractivity (Wildman–Crippen MR) is 90.0 cm³/mol. The lowest BCUT2D eigenvalue weighted by Gasteiger charge is -2.14. The van der Waals surface area contributed by atoms with E-state index in [0.29, 0.717) is 5.56 Å². The summed E-state index contributed by atoms with van der Waals surface area (Å²) in [5.41, 5.74) is 4.56. The molecule has 2 aromatic carbocycles. The number of phenols is 1. The fraction of sp³-hybridized carbons (Fsp3) is 0.118. The maximum Gasteiger partial charge on any atom is 0.342 e. The van der Waals surface area contributed by atoms with Gasteiger partial charge < -0.3 is 9.84 Å². The van der Waals surface area contributed by atoms with Crippen molar-refractivity contribution in [2.45, 2.75) is 13.0 Å². The average molecular weight is 363 g/mol. The smallest absolute Gasteiger partial charge is 0.342 e. The maximum atomic E-state index is 12.0. The molecule has 0 spiro atoms. The summed E-state index contributed by atoms with van der Waals surface area (Å²) in [7, 11) is 0. The first-order chi connectivity index (χ1) is 11.9. The van der Waals surface area contributed by atoms with E-state index in [9.17, 15) is 19.5 Å². The van der Waals surface area contributed by atoms with Crippen molar-refractivity contribution in [3.8, 4) is 5.75 Å². The van der Waals surface area contributed by atoms with E-state index in [2.05, 4.69) is 10.9 Å². The third kappa shape index (κ3) is 4.95. The van der Waals surface area contributed by atoms with Crippen molar-refractivity contribution in [1.82, 2.24) is 10.9 Å². The van der Waals surface area contributed by atoms with Crippen LogP contribution < -0.4 is 10.9 Å². The fourth-order valence-corrected chi connectivity index (χ4v) is 2.00. The van der Waals surface area contributed by atoms with Crippen LogP contribution in [-0.4, -0.2) is 29.0 Å². The number of hydrogen-bond donors (Lipinski definition) is 3. The van der Waals surface area contributed by atoms with Crippen LogP contribution in [0.1, 0.15) is 27.6 Å². The lowest BCUT2D eigenvalue weighted by atomic mass is 10.2. The number of rotatable bonds is 4. The van der Waals surface area contributed by atoms with Crippen LogP contribution in [-0.2, 0) is 9.53 Å². The topological polar surface area (TPSA) is 105 Å². The van der Waals surface area contributed by atoms with Crippen LogP contribution in [0.5, 0.6) is 5.75 Å². The minimum Gasteiger partial charge on any atom is -0.507 e. The van der Waals surface area contributed by atoms with Crippen molar-refractivity contribution in [1.29, 1.82) is 0 Å². The van der Waals surface area contributed by atoms with Crippen molar-refractivity contribution in [3.63, 3.8) is 0 Å². The zero-order chi connectivity index (χ0) is 18.4. The van der Waals surface area contributed by atoms with E-state index in [0.717, 1.165) is 0 Å². The van der Waals surface area contributed by atoms with Gasteiger partial charge in [-0.05, 0) is 37.3 Å². The first-order valence-electron chi connectivity index (χ1n) is 7.23. The zero-order valence-corrected chi connectivity index (χ0v) is 13.9. The van der Waals surface area contributed by atoms with E-state index in [1.54, 1.807) is 30.3 Å². The number of hydrogen-bond acceptors (Lipinski definition) is 5. The largest absolute Gasteiger partial charge is 0.507 e. The van der Waals surface area contributed by atoms with Crippen LogP contribution in [0, 0.1) is 0 Å². The second-order valence-corrected chi connectivity index (χ2v) is 5.45.